The molecule has 1 N–H and O–H groups in total. The van der Waals surface area contributed by atoms with Gasteiger partial charge >= 0.3 is 0 Å². The third-order valence-electron chi connectivity index (χ3n) is 4.49. The number of aliphatic imine (C=N–C) groups is 1. The summed E-state index contributed by atoms with van der Waals surface area (Å²) in [7, 11) is 3.53. The van der Waals surface area contributed by atoms with E-state index in [1.54, 1.807) is 7.11 Å². The summed E-state index contributed by atoms with van der Waals surface area (Å²) >= 11 is 0. The minimum Gasteiger partial charge on any atom is -0.443 e. The first kappa shape index (κ1) is 24.2. The van der Waals surface area contributed by atoms with Gasteiger partial charge in [-0.15, -0.1) is 24.0 Å². The number of rotatable bonds is 7. The van der Waals surface area contributed by atoms with Crippen LogP contribution in [0.2, 0.25) is 0 Å². The molecule has 156 valence electrons. The standard InChI is InChI=1S/C19H34N4O3.HI/c1-19(2,3)16-13-21-17(26-16)14-22-18(20-4)23-9-7-15(8-10-23)25-12-6-11-24-5;/h13,15H,6-12,14H2,1-5H3,(H,20,22);1H. The number of methoxy groups -OCH3 is 1. The summed E-state index contributed by atoms with van der Waals surface area (Å²) in [4.78, 5) is 11.0. The number of nitrogens with one attached hydrogen (secondary N) is 1. The number of ether oxygens (including phenoxy) is 2. The van der Waals surface area contributed by atoms with Crippen LogP contribution in [0.1, 0.15) is 51.7 Å². The molecule has 1 aliphatic heterocycles. The Hall–Kier alpha value is -0.870. The van der Waals surface area contributed by atoms with Crippen molar-refractivity contribution in [1.29, 1.82) is 0 Å². The molecule has 0 unspecified atom stereocenters. The molecule has 0 spiro atoms. The van der Waals surface area contributed by atoms with Crippen LogP contribution in [0, 0.1) is 0 Å². The van der Waals surface area contributed by atoms with Gasteiger partial charge in [0, 0.05) is 45.9 Å². The first-order chi connectivity index (χ1) is 12.4. The van der Waals surface area contributed by atoms with Crippen molar-refractivity contribution in [3.63, 3.8) is 0 Å². The number of likely N-dealkylation sites (tertiary alicyclic amines) is 1. The second-order valence-corrected chi connectivity index (χ2v) is 7.67. The van der Waals surface area contributed by atoms with Crippen LogP contribution >= 0.6 is 24.0 Å². The van der Waals surface area contributed by atoms with Crippen molar-refractivity contribution in [3.8, 4) is 0 Å². The lowest BCUT2D eigenvalue weighted by Gasteiger charge is -2.34. The van der Waals surface area contributed by atoms with Gasteiger partial charge in [-0.25, -0.2) is 4.98 Å². The summed E-state index contributed by atoms with van der Waals surface area (Å²) < 4.78 is 16.8. The fourth-order valence-corrected chi connectivity index (χ4v) is 2.91. The van der Waals surface area contributed by atoms with Gasteiger partial charge in [0.05, 0.1) is 18.8 Å². The molecule has 0 atom stereocenters. The molecule has 0 aromatic carbocycles. The molecule has 8 heteroatoms. The maximum absolute atomic E-state index is 5.92. The summed E-state index contributed by atoms with van der Waals surface area (Å²) in [6.45, 7) is 10.3. The Labute approximate surface area is 180 Å². The van der Waals surface area contributed by atoms with Crippen molar-refractivity contribution in [3.05, 3.63) is 17.8 Å². The molecule has 1 aliphatic rings. The van der Waals surface area contributed by atoms with Crippen molar-refractivity contribution < 1.29 is 13.9 Å². The van der Waals surface area contributed by atoms with Gasteiger partial charge in [0.2, 0.25) is 5.89 Å². The van der Waals surface area contributed by atoms with Gasteiger partial charge in [-0.1, -0.05) is 20.8 Å². The van der Waals surface area contributed by atoms with Crippen molar-refractivity contribution in [1.82, 2.24) is 15.2 Å². The number of aromatic nitrogens is 1. The van der Waals surface area contributed by atoms with Crippen LogP contribution in [0.3, 0.4) is 0 Å². The van der Waals surface area contributed by atoms with Gasteiger partial charge < -0.3 is 24.1 Å². The SMILES string of the molecule is CN=C(NCc1ncc(C(C)(C)C)o1)N1CCC(OCCCOC)CC1.I. The zero-order chi connectivity index (χ0) is 19.0. The lowest BCUT2D eigenvalue weighted by Crippen LogP contribution is -2.46. The van der Waals surface area contributed by atoms with E-state index in [1.807, 2.05) is 13.2 Å². The molecule has 1 aromatic heterocycles. The van der Waals surface area contributed by atoms with E-state index in [0.29, 0.717) is 18.5 Å². The van der Waals surface area contributed by atoms with E-state index in [-0.39, 0.29) is 29.4 Å². The normalized spacial score (nSPS) is 16.3. The summed E-state index contributed by atoms with van der Waals surface area (Å²) in [5, 5.41) is 3.36. The molecule has 0 aliphatic carbocycles. The number of piperidine rings is 1. The van der Waals surface area contributed by atoms with Gasteiger partial charge in [-0.2, -0.15) is 0 Å². The zero-order valence-electron chi connectivity index (χ0n) is 17.3. The molecule has 2 rings (SSSR count). The fourth-order valence-electron chi connectivity index (χ4n) is 2.91. The monoisotopic (exact) mass is 494 g/mol. The Bertz CT molecular complexity index is 564. The predicted octanol–water partition coefficient (Wildman–Crippen LogP) is 3.18. The number of oxazole rings is 1. The summed E-state index contributed by atoms with van der Waals surface area (Å²) in [5.74, 6) is 2.47. The van der Waals surface area contributed by atoms with Crippen LogP contribution in [0.4, 0.5) is 0 Å². The molecule has 0 amide bonds. The second kappa shape index (κ2) is 11.9. The molecule has 27 heavy (non-hydrogen) atoms. The highest BCUT2D eigenvalue weighted by Gasteiger charge is 2.23. The molecule has 1 fully saturated rings. The summed E-state index contributed by atoms with van der Waals surface area (Å²) in [5.41, 5.74) is -0.0297. The van der Waals surface area contributed by atoms with Crippen LogP contribution in [-0.4, -0.2) is 62.4 Å². The minimum atomic E-state index is -0.0297. The molecule has 2 heterocycles. The minimum absolute atomic E-state index is 0. The van der Waals surface area contributed by atoms with Crippen LogP contribution < -0.4 is 5.32 Å². The number of guanidine groups is 1. The first-order valence-electron chi connectivity index (χ1n) is 9.45. The van der Waals surface area contributed by atoms with Crippen LogP contribution in [0.15, 0.2) is 15.6 Å². The summed E-state index contributed by atoms with van der Waals surface area (Å²) in [6, 6.07) is 0. The van der Waals surface area contributed by atoms with E-state index < -0.39 is 0 Å². The maximum atomic E-state index is 5.92. The number of hydrogen-bond acceptors (Lipinski definition) is 5. The quantitative estimate of drug-likeness (QED) is 0.272. The van der Waals surface area contributed by atoms with Gasteiger partial charge in [-0.05, 0) is 19.3 Å². The zero-order valence-corrected chi connectivity index (χ0v) is 19.6. The van der Waals surface area contributed by atoms with Gasteiger partial charge in [0.15, 0.2) is 5.96 Å². The van der Waals surface area contributed by atoms with Crippen LogP contribution in [0.25, 0.3) is 0 Å². The number of nitrogens with zero attached hydrogens (tertiary/aromatic N) is 3. The van der Waals surface area contributed by atoms with E-state index in [4.69, 9.17) is 13.9 Å². The average Bonchev–Trinajstić information content (AvgIpc) is 3.10. The Morgan fingerprint density at radius 2 is 2.04 bits per heavy atom. The molecular formula is C19H35IN4O3. The molecular weight excluding hydrogens is 459 g/mol. The van der Waals surface area contributed by atoms with Gasteiger partial charge in [0.25, 0.3) is 0 Å². The number of halogens is 1. The van der Waals surface area contributed by atoms with E-state index in [1.165, 1.54) is 0 Å². The molecule has 0 bridgehead atoms. The van der Waals surface area contributed by atoms with E-state index in [9.17, 15) is 0 Å². The average molecular weight is 494 g/mol. The van der Waals surface area contributed by atoms with Crippen LogP contribution in [0.5, 0.6) is 0 Å². The summed E-state index contributed by atoms with van der Waals surface area (Å²) in [6.07, 6.45) is 5.13. The van der Waals surface area contributed by atoms with Gasteiger partial charge in [-0.3, -0.25) is 4.99 Å². The molecule has 0 saturated carbocycles. The first-order valence-corrected chi connectivity index (χ1v) is 9.45. The third-order valence-corrected chi connectivity index (χ3v) is 4.49. The smallest absolute Gasteiger partial charge is 0.213 e. The topological polar surface area (TPSA) is 72.1 Å². The highest BCUT2D eigenvalue weighted by atomic mass is 127. The van der Waals surface area contributed by atoms with Crippen molar-refractivity contribution in [2.24, 2.45) is 4.99 Å². The maximum Gasteiger partial charge on any atom is 0.213 e. The van der Waals surface area contributed by atoms with Crippen molar-refractivity contribution in [2.75, 3.05) is 40.5 Å². The third kappa shape index (κ3) is 7.95. The number of hydrogen-bond donors (Lipinski definition) is 1. The van der Waals surface area contributed by atoms with Gasteiger partial charge in [0.1, 0.15) is 5.76 Å². The molecule has 1 saturated heterocycles. The Morgan fingerprint density at radius 3 is 2.59 bits per heavy atom. The Morgan fingerprint density at radius 1 is 1.33 bits per heavy atom. The van der Waals surface area contributed by atoms with Crippen molar-refractivity contribution >= 4 is 29.9 Å². The Kier molecular flexibility index (Phi) is 10.6. The lowest BCUT2D eigenvalue weighted by atomic mass is 9.94. The van der Waals surface area contributed by atoms with Crippen molar-refractivity contribution in [2.45, 2.75) is 58.1 Å². The van der Waals surface area contributed by atoms with E-state index in [0.717, 1.165) is 57.3 Å². The predicted molar refractivity (Wildman–Crippen MR) is 118 cm³/mol. The molecule has 1 aromatic rings. The molecule has 7 nitrogen and oxygen atoms in total. The Balaban J connectivity index is 0.00000364. The lowest BCUT2D eigenvalue weighted by molar-refractivity contribution is 0.00988. The van der Waals surface area contributed by atoms with Crippen LogP contribution in [-0.2, 0) is 21.4 Å². The highest BCUT2D eigenvalue weighted by Crippen LogP contribution is 2.22. The highest BCUT2D eigenvalue weighted by molar-refractivity contribution is 14.0. The largest absolute Gasteiger partial charge is 0.443 e. The van der Waals surface area contributed by atoms with E-state index in [2.05, 4.69) is 41.0 Å². The van der Waals surface area contributed by atoms with E-state index >= 15 is 0 Å². The fraction of sp³-hybridized carbons (Fsp3) is 0.789. The molecule has 0 radical (unpaired) electrons. The second-order valence-electron chi connectivity index (χ2n) is 7.67.